The van der Waals surface area contributed by atoms with Gasteiger partial charge in [0.25, 0.3) is 5.91 Å². The van der Waals surface area contributed by atoms with Crippen molar-refractivity contribution in [2.24, 2.45) is 0 Å². The molecule has 0 saturated carbocycles. The lowest BCUT2D eigenvalue weighted by molar-refractivity contribution is -0.274. The number of nitrogens with zero attached hydrogens (tertiary/aromatic N) is 2. The fraction of sp³-hybridized carbons (Fsp3) is 0.136. The lowest BCUT2D eigenvalue weighted by Gasteiger charge is -2.16. The van der Waals surface area contributed by atoms with Crippen molar-refractivity contribution in [3.8, 4) is 16.9 Å². The number of benzene rings is 2. The number of hydrogen-bond donors (Lipinski definition) is 1. The van der Waals surface area contributed by atoms with Crippen LogP contribution in [0, 0.1) is 0 Å². The highest BCUT2D eigenvalue weighted by atomic mass is 19.4. The Kier molecular flexibility index (Phi) is 5.33. The molecule has 4 rings (SSSR count). The van der Waals surface area contributed by atoms with Crippen molar-refractivity contribution in [1.29, 1.82) is 0 Å². The molecule has 31 heavy (non-hydrogen) atoms. The van der Waals surface area contributed by atoms with Gasteiger partial charge in [0.15, 0.2) is 0 Å². The van der Waals surface area contributed by atoms with Crippen LogP contribution in [-0.2, 0) is 17.9 Å². The van der Waals surface area contributed by atoms with Gasteiger partial charge in [-0.1, -0.05) is 24.3 Å². The van der Waals surface area contributed by atoms with E-state index in [0.29, 0.717) is 29.9 Å². The first-order valence-corrected chi connectivity index (χ1v) is 9.26. The van der Waals surface area contributed by atoms with Gasteiger partial charge in [0.2, 0.25) is 6.41 Å². The van der Waals surface area contributed by atoms with Gasteiger partial charge < -0.3 is 15.0 Å². The van der Waals surface area contributed by atoms with Crippen LogP contribution in [-0.4, -0.2) is 28.6 Å². The number of rotatable bonds is 6. The van der Waals surface area contributed by atoms with Gasteiger partial charge in [-0.05, 0) is 41.5 Å². The monoisotopic (exact) mass is 427 g/mol. The van der Waals surface area contributed by atoms with E-state index in [1.807, 2.05) is 12.1 Å². The van der Waals surface area contributed by atoms with E-state index in [0.717, 1.165) is 16.7 Å². The summed E-state index contributed by atoms with van der Waals surface area (Å²) in [5, 5.41) is 2.59. The van der Waals surface area contributed by atoms with Crippen LogP contribution in [0.15, 0.2) is 60.8 Å². The summed E-state index contributed by atoms with van der Waals surface area (Å²) in [7, 11) is 0. The Morgan fingerprint density at radius 1 is 1.10 bits per heavy atom. The average molecular weight is 427 g/mol. The number of carbonyl (C=O) groups excluding carboxylic acids is 2. The molecule has 158 valence electrons. The Labute approximate surface area is 175 Å². The van der Waals surface area contributed by atoms with Gasteiger partial charge in [-0.15, -0.1) is 13.2 Å². The van der Waals surface area contributed by atoms with E-state index in [2.05, 4.69) is 15.0 Å². The lowest BCUT2D eigenvalue weighted by Crippen LogP contribution is -2.23. The molecule has 2 amide bonds. The van der Waals surface area contributed by atoms with Crippen LogP contribution in [0.4, 0.5) is 18.9 Å². The number of halogens is 3. The second kappa shape index (κ2) is 8.10. The van der Waals surface area contributed by atoms with Crippen molar-refractivity contribution in [2.45, 2.75) is 19.5 Å². The van der Waals surface area contributed by atoms with E-state index in [9.17, 15) is 22.8 Å². The molecule has 0 aliphatic carbocycles. The third-order valence-corrected chi connectivity index (χ3v) is 4.77. The van der Waals surface area contributed by atoms with Crippen LogP contribution >= 0.6 is 0 Å². The number of ether oxygens (including phenoxy) is 1. The average Bonchev–Trinajstić information content (AvgIpc) is 3.04. The Balaban J connectivity index is 1.49. The maximum atomic E-state index is 12.7. The molecule has 0 spiro atoms. The predicted molar refractivity (Wildman–Crippen MR) is 106 cm³/mol. The summed E-state index contributed by atoms with van der Waals surface area (Å²) >= 11 is 0. The van der Waals surface area contributed by atoms with Crippen molar-refractivity contribution in [1.82, 2.24) is 9.88 Å². The largest absolute Gasteiger partial charge is 0.573 e. The minimum absolute atomic E-state index is 0.232. The Hall–Kier alpha value is -3.88. The zero-order valence-electron chi connectivity index (χ0n) is 16.0. The molecule has 9 heteroatoms. The van der Waals surface area contributed by atoms with Gasteiger partial charge in [-0.2, -0.15) is 0 Å². The summed E-state index contributed by atoms with van der Waals surface area (Å²) in [6.45, 7) is 0.567. The maximum absolute atomic E-state index is 12.7. The standard InChI is InChI=1S/C22H16F3N3O3/c23-22(24,25)31-19-6-4-14(5-7-19)11-28-12-17-8-16(10-26-20(17)21(28)30)15-2-1-3-18(9-15)27-13-29/h1-10,13H,11-12H2,(H,27,29). The third kappa shape index (κ3) is 4.66. The number of amides is 2. The number of carbonyl (C=O) groups is 2. The number of anilines is 1. The van der Waals surface area contributed by atoms with Gasteiger partial charge in [-0.25, -0.2) is 0 Å². The Morgan fingerprint density at radius 3 is 2.58 bits per heavy atom. The molecule has 1 N–H and O–H groups in total. The minimum Gasteiger partial charge on any atom is -0.406 e. The second-order valence-electron chi connectivity index (χ2n) is 6.93. The van der Waals surface area contributed by atoms with Gasteiger partial charge in [0, 0.05) is 36.1 Å². The molecule has 1 aliphatic heterocycles. The summed E-state index contributed by atoms with van der Waals surface area (Å²) in [6.07, 6.45) is -2.55. The van der Waals surface area contributed by atoms with Crippen LogP contribution in [0.25, 0.3) is 11.1 Å². The summed E-state index contributed by atoms with van der Waals surface area (Å²) in [5.74, 6) is -0.557. The zero-order valence-corrected chi connectivity index (χ0v) is 16.0. The highest BCUT2D eigenvalue weighted by molar-refractivity contribution is 5.97. The molecule has 0 unspecified atom stereocenters. The molecule has 0 fully saturated rings. The quantitative estimate of drug-likeness (QED) is 0.593. The van der Waals surface area contributed by atoms with Crippen molar-refractivity contribution in [3.63, 3.8) is 0 Å². The topological polar surface area (TPSA) is 71.5 Å². The van der Waals surface area contributed by atoms with E-state index < -0.39 is 6.36 Å². The van der Waals surface area contributed by atoms with Gasteiger partial charge >= 0.3 is 6.36 Å². The van der Waals surface area contributed by atoms with Crippen LogP contribution < -0.4 is 10.1 Å². The van der Waals surface area contributed by atoms with E-state index in [1.165, 1.54) is 24.3 Å². The number of alkyl halides is 3. The highest BCUT2D eigenvalue weighted by Gasteiger charge is 2.31. The van der Waals surface area contributed by atoms with Crippen LogP contribution in [0.5, 0.6) is 5.75 Å². The lowest BCUT2D eigenvalue weighted by atomic mass is 10.0. The van der Waals surface area contributed by atoms with E-state index in [-0.39, 0.29) is 18.2 Å². The predicted octanol–water partition coefficient (Wildman–Crippen LogP) is 4.37. The normalized spacial score (nSPS) is 13.1. The van der Waals surface area contributed by atoms with Gasteiger partial charge in [0.1, 0.15) is 11.4 Å². The fourth-order valence-electron chi connectivity index (χ4n) is 3.41. The molecular weight excluding hydrogens is 411 g/mol. The van der Waals surface area contributed by atoms with E-state index in [4.69, 9.17) is 0 Å². The van der Waals surface area contributed by atoms with Gasteiger partial charge in [0.05, 0.1) is 0 Å². The van der Waals surface area contributed by atoms with Crippen LogP contribution in [0.1, 0.15) is 21.6 Å². The molecule has 2 heterocycles. The van der Waals surface area contributed by atoms with E-state index in [1.54, 1.807) is 29.3 Å². The van der Waals surface area contributed by atoms with Crippen LogP contribution in [0.3, 0.4) is 0 Å². The minimum atomic E-state index is -4.75. The molecule has 0 radical (unpaired) electrons. The molecule has 1 aliphatic rings. The molecule has 0 saturated heterocycles. The molecular formula is C22H16F3N3O3. The van der Waals surface area contributed by atoms with Crippen LogP contribution in [0.2, 0.25) is 0 Å². The molecule has 0 bridgehead atoms. The van der Waals surface area contributed by atoms with Crippen molar-refractivity contribution in [2.75, 3.05) is 5.32 Å². The first-order chi connectivity index (χ1) is 14.8. The number of nitrogens with one attached hydrogen (secondary N) is 1. The molecule has 2 aromatic carbocycles. The highest BCUT2D eigenvalue weighted by Crippen LogP contribution is 2.29. The SMILES string of the molecule is O=CNc1cccc(-c2cnc3c(c2)CN(Cc2ccc(OC(F)(F)F)cc2)C3=O)c1. The first kappa shape index (κ1) is 20.4. The number of hydrogen-bond acceptors (Lipinski definition) is 4. The Bertz CT molecular complexity index is 1130. The van der Waals surface area contributed by atoms with Crippen molar-refractivity contribution < 1.29 is 27.5 Å². The zero-order chi connectivity index (χ0) is 22.0. The smallest absolute Gasteiger partial charge is 0.406 e. The van der Waals surface area contributed by atoms with Crippen molar-refractivity contribution in [3.05, 3.63) is 77.6 Å². The van der Waals surface area contributed by atoms with Gasteiger partial charge in [-0.3, -0.25) is 14.6 Å². The van der Waals surface area contributed by atoms with Crippen molar-refractivity contribution >= 4 is 18.0 Å². The Morgan fingerprint density at radius 2 is 1.87 bits per heavy atom. The fourth-order valence-corrected chi connectivity index (χ4v) is 3.41. The third-order valence-electron chi connectivity index (χ3n) is 4.77. The summed E-state index contributed by atoms with van der Waals surface area (Å²) < 4.78 is 40.7. The number of pyridine rings is 1. The molecule has 0 atom stereocenters. The van der Waals surface area contributed by atoms with E-state index >= 15 is 0 Å². The molecule has 6 nitrogen and oxygen atoms in total. The number of fused-ring (bicyclic) bond motifs is 1. The number of aromatic nitrogens is 1. The summed E-state index contributed by atoms with van der Waals surface area (Å²) in [5.41, 5.74) is 4.06. The first-order valence-electron chi connectivity index (χ1n) is 9.26. The summed E-state index contributed by atoms with van der Waals surface area (Å²) in [4.78, 5) is 29.2. The molecule has 3 aromatic rings. The maximum Gasteiger partial charge on any atom is 0.573 e. The second-order valence-corrected chi connectivity index (χ2v) is 6.93. The summed E-state index contributed by atoms with van der Waals surface area (Å²) in [6, 6.07) is 14.5. The molecule has 1 aromatic heterocycles.